The van der Waals surface area contributed by atoms with E-state index in [4.69, 9.17) is 4.74 Å². The van der Waals surface area contributed by atoms with Crippen LogP contribution in [0, 0.1) is 5.92 Å². The Labute approximate surface area is 187 Å². The van der Waals surface area contributed by atoms with Gasteiger partial charge in [-0.1, -0.05) is 61.4 Å². The molecule has 4 rings (SSSR count). The van der Waals surface area contributed by atoms with E-state index >= 15 is 0 Å². The van der Waals surface area contributed by atoms with Crippen molar-refractivity contribution in [3.8, 4) is 11.1 Å². The first-order chi connectivity index (χ1) is 15.4. The molecular weight excluding hydrogens is 408 g/mol. The van der Waals surface area contributed by atoms with Crippen LogP contribution in [0.3, 0.4) is 0 Å². The first-order valence-electron chi connectivity index (χ1n) is 11.1. The zero-order chi connectivity index (χ0) is 22.7. The lowest BCUT2D eigenvalue weighted by molar-refractivity contribution is -0.142. The normalized spacial score (nSPS) is 16.4. The van der Waals surface area contributed by atoms with Crippen molar-refractivity contribution in [3.05, 3.63) is 59.7 Å². The van der Waals surface area contributed by atoms with Gasteiger partial charge >= 0.3 is 12.1 Å². The van der Waals surface area contributed by atoms with Crippen LogP contribution in [0.5, 0.6) is 0 Å². The van der Waals surface area contributed by atoms with Crippen molar-refractivity contribution < 1.29 is 24.2 Å². The van der Waals surface area contributed by atoms with Gasteiger partial charge in [0, 0.05) is 18.4 Å². The van der Waals surface area contributed by atoms with E-state index in [0.717, 1.165) is 35.1 Å². The molecule has 2 aromatic rings. The number of alkyl carbamates (subject to hydrolysis) is 1. The number of hydrogen-bond acceptors (Lipinski definition) is 4. The highest BCUT2D eigenvalue weighted by Crippen LogP contribution is 2.44. The molecule has 0 heterocycles. The lowest BCUT2D eigenvalue weighted by Gasteiger charge is -2.18. The van der Waals surface area contributed by atoms with E-state index in [9.17, 15) is 19.5 Å². The van der Waals surface area contributed by atoms with Crippen molar-refractivity contribution in [2.45, 2.75) is 50.6 Å². The van der Waals surface area contributed by atoms with Crippen LogP contribution in [0.4, 0.5) is 4.79 Å². The van der Waals surface area contributed by atoms with Gasteiger partial charge < -0.3 is 20.5 Å². The number of aliphatic carboxylic acids is 1. The number of carbonyl (C=O) groups excluding carboxylic acids is 2. The zero-order valence-electron chi connectivity index (χ0n) is 18.0. The highest BCUT2D eigenvalue weighted by molar-refractivity contribution is 5.84. The van der Waals surface area contributed by atoms with Crippen LogP contribution in [0.2, 0.25) is 0 Å². The molecule has 7 heteroatoms. The molecule has 1 fully saturated rings. The maximum Gasteiger partial charge on any atom is 0.407 e. The van der Waals surface area contributed by atoms with Gasteiger partial charge in [-0.2, -0.15) is 0 Å². The number of amides is 2. The molecule has 0 aliphatic heterocycles. The predicted octanol–water partition coefficient (Wildman–Crippen LogP) is 3.67. The monoisotopic (exact) mass is 436 g/mol. The molecule has 0 radical (unpaired) electrons. The van der Waals surface area contributed by atoms with Crippen LogP contribution in [-0.2, 0) is 14.3 Å². The Morgan fingerprint density at radius 1 is 1.00 bits per heavy atom. The van der Waals surface area contributed by atoms with Gasteiger partial charge in [-0.25, -0.2) is 9.59 Å². The Hall–Kier alpha value is -3.35. The van der Waals surface area contributed by atoms with Gasteiger partial charge in [-0.3, -0.25) is 4.79 Å². The zero-order valence-corrected chi connectivity index (χ0v) is 18.0. The highest BCUT2D eigenvalue weighted by Gasteiger charge is 2.31. The molecule has 1 saturated carbocycles. The third-order valence-electron chi connectivity index (χ3n) is 6.10. The van der Waals surface area contributed by atoms with Crippen molar-refractivity contribution in [1.29, 1.82) is 0 Å². The van der Waals surface area contributed by atoms with Crippen LogP contribution in [-0.4, -0.2) is 41.8 Å². The second-order valence-electron chi connectivity index (χ2n) is 8.71. The SMILES string of the molecule is C[C@@H](CC(=O)N[C@@H](CC1CC1)C(=O)O)NC(=O)OCC1c2ccccc2-c2ccccc21. The minimum Gasteiger partial charge on any atom is -0.480 e. The topological polar surface area (TPSA) is 105 Å². The maximum absolute atomic E-state index is 12.3. The Bertz CT molecular complexity index is 971. The molecule has 0 unspecified atom stereocenters. The molecule has 2 atom stereocenters. The van der Waals surface area contributed by atoms with E-state index in [1.165, 1.54) is 0 Å². The minimum absolute atomic E-state index is 0.0152. The summed E-state index contributed by atoms with van der Waals surface area (Å²) < 4.78 is 5.50. The molecule has 168 valence electrons. The molecule has 3 N–H and O–H groups in total. The number of carboxylic acid groups (broad SMARTS) is 1. The molecule has 2 aliphatic rings. The summed E-state index contributed by atoms with van der Waals surface area (Å²) in [4.78, 5) is 35.9. The Morgan fingerprint density at radius 2 is 1.59 bits per heavy atom. The summed E-state index contributed by atoms with van der Waals surface area (Å²) in [5.74, 6) is -1.08. The van der Waals surface area contributed by atoms with Crippen molar-refractivity contribution in [2.75, 3.05) is 6.61 Å². The fourth-order valence-corrected chi connectivity index (χ4v) is 4.33. The van der Waals surface area contributed by atoms with Gasteiger partial charge in [0.2, 0.25) is 5.91 Å². The second-order valence-corrected chi connectivity index (χ2v) is 8.71. The number of ether oxygens (including phenoxy) is 1. The predicted molar refractivity (Wildman–Crippen MR) is 119 cm³/mol. The van der Waals surface area contributed by atoms with Crippen LogP contribution >= 0.6 is 0 Å². The van der Waals surface area contributed by atoms with Crippen molar-refractivity contribution in [2.24, 2.45) is 5.92 Å². The summed E-state index contributed by atoms with van der Waals surface area (Å²) in [6.45, 7) is 1.89. The molecule has 7 nitrogen and oxygen atoms in total. The van der Waals surface area contributed by atoms with E-state index in [1.807, 2.05) is 24.3 Å². The number of nitrogens with one attached hydrogen (secondary N) is 2. The fraction of sp³-hybridized carbons (Fsp3) is 0.400. The third kappa shape index (κ3) is 5.10. The smallest absolute Gasteiger partial charge is 0.407 e. The highest BCUT2D eigenvalue weighted by atomic mass is 16.5. The van der Waals surface area contributed by atoms with Crippen molar-refractivity contribution >= 4 is 18.0 Å². The lowest BCUT2D eigenvalue weighted by atomic mass is 9.98. The third-order valence-corrected chi connectivity index (χ3v) is 6.10. The Morgan fingerprint density at radius 3 is 2.16 bits per heavy atom. The van der Waals surface area contributed by atoms with Gasteiger partial charge in [-0.05, 0) is 41.5 Å². The number of hydrogen-bond donors (Lipinski definition) is 3. The van der Waals surface area contributed by atoms with Crippen molar-refractivity contribution in [3.63, 3.8) is 0 Å². The quantitative estimate of drug-likeness (QED) is 0.556. The number of fused-ring (bicyclic) bond motifs is 3. The fourth-order valence-electron chi connectivity index (χ4n) is 4.33. The summed E-state index contributed by atoms with van der Waals surface area (Å²) >= 11 is 0. The number of carbonyl (C=O) groups is 3. The van der Waals surface area contributed by atoms with Gasteiger partial charge in [0.1, 0.15) is 12.6 Å². The van der Waals surface area contributed by atoms with Crippen LogP contribution in [0.15, 0.2) is 48.5 Å². The second kappa shape index (κ2) is 9.42. The number of benzene rings is 2. The number of rotatable bonds is 9. The molecule has 2 aliphatic carbocycles. The molecule has 0 aromatic heterocycles. The largest absolute Gasteiger partial charge is 0.480 e. The Kier molecular flexibility index (Phi) is 6.44. The standard InChI is InChI=1S/C25H28N2O5/c1-15(12-23(28)27-22(24(29)30)13-16-10-11-16)26-25(31)32-14-21-19-8-4-2-6-17(19)18-7-3-5-9-20(18)21/h2-9,15-16,21-22H,10-14H2,1H3,(H,26,31)(H,27,28)(H,29,30)/t15-,22-/m0/s1. The van der Waals surface area contributed by atoms with Gasteiger partial charge in [0.05, 0.1) is 0 Å². The first kappa shape index (κ1) is 21.9. The summed E-state index contributed by atoms with van der Waals surface area (Å²) in [5.41, 5.74) is 4.57. The van der Waals surface area contributed by atoms with Gasteiger partial charge in [0.25, 0.3) is 0 Å². The average molecular weight is 437 g/mol. The lowest BCUT2D eigenvalue weighted by Crippen LogP contribution is -2.44. The summed E-state index contributed by atoms with van der Waals surface area (Å²) in [6.07, 6.45) is 1.87. The molecular formula is C25H28N2O5. The molecule has 0 bridgehead atoms. The van der Waals surface area contributed by atoms with Crippen LogP contribution in [0.25, 0.3) is 11.1 Å². The number of carboxylic acids is 1. The van der Waals surface area contributed by atoms with Crippen molar-refractivity contribution in [1.82, 2.24) is 10.6 Å². The van der Waals surface area contributed by atoms with E-state index in [1.54, 1.807) is 6.92 Å². The van der Waals surface area contributed by atoms with E-state index < -0.39 is 30.1 Å². The maximum atomic E-state index is 12.3. The van der Waals surface area contributed by atoms with E-state index in [0.29, 0.717) is 12.3 Å². The first-order valence-corrected chi connectivity index (χ1v) is 11.1. The van der Waals surface area contributed by atoms with E-state index in [2.05, 4.69) is 34.9 Å². The molecule has 2 aromatic carbocycles. The van der Waals surface area contributed by atoms with Gasteiger partial charge in [-0.15, -0.1) is 0 Å². The Balaban J connectivity index is 1.28. The molecule has 32 heavy (non-hydrogen) atoms. The molecule has 0 saturated heterocycles. The molecule has 2 amide bonds. The van der Waals surface area contributed by atoms with Gasteiger partial charge in [0.15, 0.2) is 0 Å². The summed E-state index contributed by atoms with van der Waals surface area (Å²) in [5, 5.41) is 14.5. The summed E-state index contributed by atoms with van der Waals surface area (Å²) in [6, 6.07) is 14.8. The van der Waals surface area contributed by atoms with Crippen LogP contribution in [0.1, 0.15) is 49.7 Å². The molecule has 0 spiro atoms. The average Bonchev–Trinajstić information content (AvgIpc) is 3.52. The minimum atomic E-state index is -1.03. The van der Waals surface area contributed by atoms with Crippen LogP contribution < -0.4 is 10.6 Å². The van der Waals surface area contributed by atoms with E-state index in [-0.39, 0.29) is 18.9 Å². The summed E-state index contributed by atoms with van der Waals surface area (Å²) in [7, 11) is 0.